The maximum absolute atomic E-state index is 13.4. The largest absolute Gasteiger partial charge is 0.480 e. The number of amides is 1. The molecule has 4 saturated carbocycles. The average molecular weight is 342 g/mol. The molecule has 6 nitrogen and oxygen atoms in total. The van der Waals surface area contributed by atoms with Crippen LogP contribution in [-0.4, -0.2) is 39.2 Å². The lowest BCUT2D eigenvalue weighted by molar-refractivity contribution is -0.167. The standard InChI is InChI=1S/C19H22N2O4/c22-16(23)11-21(10-12-1-3-20-4-2-12)18(25)19-7-13-5-14(8-19)17(24)15(6-13)9-19/h1-4,13-15H,5-11H2,(H,22,23). The van der Waals surface area contributed by atoms with Crippen LogP contribution < -0.4 is 0 Å². The first-order valence-corrected chi connectivity index (χ1v) is 8.91. The molecule has 1 amide bonds. The van der Waals surface area contributed by atoms with Crippen LogP contribution >= 0.6 is 0 Å². The van der Waals surface area contributed by atoms with E-state index in [0.717, 1.165) is 24.8 Å². The Morgan fingerprint density at radius 1 is 1.16 bits per heavy atom. The predicted molar refractivity (Wildman–Crippen MR) is 88.3 cm³/mol. The summed E-state index contributed by atoms with van der Waals surface area (Å²) in [7, 11) is 0. The number of hydrogen-bond acceptors (Lipinski definition) is 4. The molecule has 5 rings (SSSR count). The number of hydrogen-bond donors (Lipinski definition) is 1. The minimum atomic E-state index is -1.01. The number of carboxylic acid groups (broad SMARTS) is 1. The molecule has 25 heavy (non-hydrogen) atoms. The van der Waals surface area contributed by atoms with Crippen molar-refractivity contribution in [3.8, 4) is 0 Å². The van der Waals surface area contributed by atoms with Crippen LogP contribution in [0.2, 0.25) is 0 Å². The van der Waals surface area contributed by atoms with Gasteiger partial charge in [0.1, 0.15) is 12.3 Å². The number of rotatable bonds is 5. The van der Waals surface area contributed by atoms with Gasteiger partial charge in [-0.25, -0.2) is 0 Å². The molecular weight excluding hydrogens is 320 g/mol. The van der Waals surface area contributed by atoms with Gasteiger partial charge in [0, 0.05) is 30.8 Å². The first-order valence-electron chi connectivity index (χ1n) is 8.91. The zero-order valence-electron chi connectivity index (χ0n) is 14.1. The molecule has 0 aliphatic heterocycles. The van der Waals surface area contributed by atoms with Gasteiger partial charge in [0.2, 0.25) is 5.91 Å². The highest BCUT2D eigenvalue weighted by Gasteiger charge is 2.59. The third kappa shape index (κ3) is 2.83. The summed E-state index contributed by atoms with van der Waals surface area (Å²) < 4.78 is 0. The average Bonchev–Trinajstić information content (AvgIpc) is 2.58. The van der Waals surface area contributed by atoms with Crippen molar-refractivity contribution in [3.05, 3.63) is 30.1 Å². The van der Waals surface area contributed by atoms with Crippen molar-refractivity contribution in [3.63, 3.8) is 0 Å². The molecule has 2 unspecified atom stereocenters. The first kappa shape index (κ1) is 16.2. The van der Waals surface area contributed by atoms with Crippen molar-refractivity contribution in [2.45, 2.75) is 38.6 Å². The normalized spacial score (nSPS) is 32.6. The molecule has 0 aromatic carbocycles. The summed E-state index contributed by atoms with van der Waals surface area (Å²) in [6.45, 7) is -0.0415. The van der Waals surface area contributed by atoms with E-state index in [1.807, 2.05) is 0 Å². The number of aromatic nitrogens is 1. The molecule has 132 valence electrons. The molecular formula is C19H22N2O4. The Balaban J connectivity index is 1.60. The van der Waals surface area contributed by atoms with Gasteiger partial charge < -0.3 is 10.0 Å². The number of pyridine rings is 1. The van der Waals surface area contributed by atoms with Gasteiger partial charge >= 0.3 is 5.97 Å². The fraction of sp³-hybridized carbons (Fsp3) is 0.579. The Morgan fingerprint density at radius 3 is 2.40 bits per heavy atom. The van der Waals surface area contributed by atoms with E-state index in [0.29, 0.717) is 24.5 Å². The summed E-state index contributed by atoms with van der Waals surface area (Å²) in [5.41, 5.74) is 0.331. The van der Waals surface area contributed by atoms with Gasteiger partial charge in [-0.15, -0.1) is 0 Å². The van der Waals surface area contributed by atoms with E-state index < -0.39 is 11.4 Å². The fourth-order valence-electron chi connectivity index (χ4n) is 5.42. The number of nitrogens with zero attached hydrogens (tertiary/aromatic N) is 2. The van der Waals surface area contributed by atoms with Gasteiger partial charge in [-0.1, -0.05) is 0 Å². The Kier molecular flexibility index (Phi) is 3.85. The smallest absolute Gasteiger partial charge is 0.323 e. The molecule has 0 saturated heterocycles. The summed E-state index contributed by atoms with van der Waals surface area (Å²) >= 11 is 0. The molecule has 0 radical (unpaired) electrons. The van der Waals surface area contributed by atoms with E-state index in [1.165, 1.54) is 4.90 Å². The lowest BCUT2D eigenvalue weighted by atomic mass is 9.48. The molecule has 4 bridgehead atoms. The summed E-state index contributed by atoms with van der Waals surface area (Å²) in [5, 5.41) is 9.27. The van der Waals surface area contributed by atoms with E-state index >= 15 is 0 Å². The quantitative estimate of drug-likeness (QED) is 0.883. The SMILES string of the molecule is O=C(O)CN(Cc1ccncc1)C(=O)C12CC3CC(C1)C(=O)C(C3)C2. The number of carbonyl (C=O) groups is 3. The molecule has 1 aromatic heterocycles. The van der Waals surface area contributed by atoms with Gasteiger partial charge in [-0.05, 0) is 55.7 Å². The molecule has 2 atom stereocenters. The van der Waals surface area contributed by atoms with Crippen molar-refractivity contribution in [2.24, 2.45) is 23.2 Å². The summed E-state index contributed by atoms with van der Waals surface area (Å²) in [4.78, 5) is 42.5. The number of ketones is 1. The van der Waals surface area contributed by atoms with Crippen molar-refractivity contribution in [2.75, 3.05) is 6.54 Å². The summed E-state index contributed by atoms with van der Waals surface area (Å²) in [5.74, 6) is -0.322. The molecule has 0 spiro atoms. The van der Waals surface area contributed by atoms with Gasteiger partial charge in [-0.2, -0.15) is 0 Å². The lowest BCUT2D eigenvalue weighted by Gasteiger charge is -2.55. The van der Waals surface area contributed by atoms with Crippen LogP contribution in [0, 0.1) is 23.2 Å². The minimum Gasteiger partial charge on any atom is -0.480 e. The molecule has 1 aromatic rings. The van der Waals surface area contributed by atoms with Crippen molar-refractivity contribution >= 4 is 17.7 Å². The van der Waals surface area contributed by atoms with Gasteiger partial charge in [0.25, 0.3) is 0 Å². The van der Waals surface area contributed by atoms with Crippen LogP contribution in [-0.2, 0) is 20.9 Å². The molecule has 4 fully saturated rings. The minimum absolute atomic E-state index is 0.00260. The summed E-state index contributed by atoms with van der Waals surface area (Å²) in [6, 6.07) is 3.59. The van der Waals surface area contributed by atoms with Crippen LogP contribution in [0.15, 0.2) is 24.5 Å². The second kappa shape index (κ2) is 5.93. The zero-order valence-corrected chi connectivity index (χ0v) is 14.1. The summed E-state index contributed by atoms with van der Waals surface area (Å²) in [6.07, 6.45) is 7.11. The van der Waals surface area contributed by atoms with E-state index in [9.17, 15) is 19.5 Å². The second-order valence-corrected chi connectivity index (χ2v) is 7.94. The third-order valence-electron chi connectivity index (χ3n) is 6.18. The van der Waals surface area contributed by atoms with Crippen molar-refractivity contribution < 1.29 is 19.5 Å². The Hall–Kier alpha value is -2.24. The molecule has 1 heterocycles. The van der Waals surface area contributed by atoms with Gasteiger partial charge in [-0.3, -0.25) is 19.4 Å². The molecule has 4 aliphatic carbocycles. The van der Waals surface area contributed by atoms with Gasteiger partial charge in [0.05, 0.1) is 5.41 Å². The Bertz CT molecular complexity index is 699. The maximum atomic E-state index is 13.4. The number of carboxylic acids is 1. The highest BCUT2D eigenvalue weighted by molar-refractivity contribution is 5.92. The maximum Gasteiger partial charge on any atom is 0.323 e. The Labute approximate surface area is 146 Å². The highest BCUT2D eigenvalue weighted by atomic mass is 16.4. The third-order valence-corrected chi connectivity index (χ3v) is 6.18. The predicted octanol–water partition coefficient (Wildman–Crippen LogP) is 1.89. The van der Waals surface area contributed by atoms with E-state index in [4.69, 9.17) is 0 Å². The van der Waals surface area contributed by atoms with Crippen LogP contribution in [0.5, 0.6) is 0 Å². The topological polar surface area (TPSA) is 87.6 Å². The van der Waals surface area contributed by atoms with E-state index in [-0.39, 0.29) is 30.8 Å². The van der Waals surface area contributed by atoms with Crippen LogP contribution in [0.3, 0.4) is 0 Å². The molecule has 1 N–H and O–H groups in total. The van der Waals surface area contributed by atoms with E-state index in [1.54, 1.807) is 24.5 Å². The van der Waals surface area contributed by atoms with Crippen LogP contribution in [0.25, 0.3) is 0 Å². The van der Waals surface area contributed by atoms with Crippen molar-refractivity contribution in [1.82, 2.24) is 9.88 Å². The van der Waals surface area contributed by atoms with Gasteiger partial charge in [0.15, 0.2) is 0 Å². The highest BCUT2D eigenvalue weighted by Crippen LogP contribution is 2.59. The van der Waals surface area contributed by atoms with Crippen molar-refractivity contribution in [1.29, 1.82) is 0 Å². The number of aliphatic carboxylic acids is 1. The lowest BCUT2D eigenvalue weighted by Crippen LogP contribution is -2.58. The number of carbonyl (C=O) groups excluding carboxylic acids is 2. The fourth-order valence-corrected chi connectivity index (χ4v) is 5.42. The number of Topliss-reactive ketones (excluding diaryl/α,β-unsaturated/α-hetero) is 1. The zero-order chi connectivity index (χ0) is 17.6. The first-order chi connectivity index (χ1) is 12.0. The van der Waals surface area contributed by atoms with Crippen LogP contribution in [0.1, 0.15) is 37.7 Å². The van der Waals surface area contributed by atoms with Crippen LogP contribution in [0.4, 0.5) is 0 Å². The second-order valence-electron chi connectivity index (χ2n) is 7.94. The van der Waals surface area contributed by atoms with E-state index in [2.05, 4.69) is 4.98 Å². The molecule has 4 aliphatic rings. The molecule has 6 heteroatoms. The Morgan fingerprint density at radius 2 is 1.80 bits per heavy atom. The monoisotopic (exact) mass is 342 g/mol.